The summed E-state index contributed by atoms with van der Waals surface area (Å²) in [5, 5.41) is 12.7. The molecule has 0 bridgehead atoms. The molecule has 0 unspecified atom stereocenters. The smallest absolute Gasteiger partial charge is 0.265 e. The van der Waals surface area contributed by atoms with Gasteiger partial charge in [0, 0.05) is 31.2 Å². The Morgan fingerprint density at radius 1 is 1.45 bits per heavy atom. The number of nitrogens with zero attached hydrogens (tertiary/aromatic N) is 3. The Balaban J connectivity index is 2.16. The summed E-state index contributed by atoms with van der Waals surface area (Å²) in [6, 6.07) is 3.23. The van der Waals surface area contributed by atoms with Gasteiger partial charge in [-0.2, -0.15) is 5.10 Å². The number of sulfonamides is 1. The van der Waals surface area contributed by atoms with Crippen LogP contribution in [0, 0.1) is 6.92 Å². The van der Waals surface area contributed by atoms with E-state index in [1.807, 2.05) is 0 Å². The van der Waals surface area contributed by atoms with Gasteiger partial charge in [0.1, 0.15) is 4.90 Å². The lowest BCUT2D eigenvalue weighted by atomic mass is 10.3. The molecule has 0 aliphatic rings. The SMILES string of the molecule is Cc1cc(NS(=O)(=O)c2cnn(CCCO)c2)ccn1. The summed E-state index contributed by atoms with van der Waals surface area (Å²) in [5.74, 6) is 0. The zero-order valence-electron chi connectivity index (χ0n) is 11.0. The average Bonchev–Trinajstić information content (AvgIpc) is 2.85. The van der Waals surface area contributed by atoms with Crippen molar-refractivity contribution in [1.82, 2.24) is 14.8 Å². The number of rotatable bonds is 6. The molecule has 0 aliphatic carbocycles. The summed E-state index contributed by atoms with van der Waals surface area (Å²) in [5.41, 5.74) is 1.18. The first-order valence-electron chi connectivity index (χ1n) is 6.10. The molecule has 2 aromatic heterocycles. The zero-order chi connectivity index (χ0) is 14.6. The van der Waals surface area contributed by atoms with E-state index in [0.717, 1.165) is 5.69 Å². The summed E-state index contributed by atoms with van der Waals surface area (Å²) in [6.45, 7) is 2.29. The van der Waals surface area contributed by atoms with E-state index in [0.29, 0.717) is 18.7 Å². The highest BCUT2D eigenvalue weighted by Gasteiger charge is 2.16. The van der Waals surface area contributed by atoms with Gasteiger partial charge in [-0.1, -0.05) is 0 Å². The van der Waals surface area contributed by atoms with E-state index in [2.05, 4.69) is 14.8 Å². The molecular weight excluding hydrogens is 280 g/mol. The van der Waals surface area contributed by atoms with E-state index in [4.69, 9.17) is 5.11 Å². The summed E-state index contributed by atoms with van der Waals surface area (Å²) in [7, 11) is -3.66. The fraction of sp³-hybridized carbons (Fsp3) is 0.333. The van der Waals surface area contributed by atoms with Crippen LogP contribution in [0.25, 0.3) is 0 Å². The predicted octanol–water partition coefficient (Wildman–Crippen LogP) is 0.770. The minimum Gasteiger partial charge on any atom is -0.396 e. The Hall–Kier alpha value is -1.93. The number of aryl methyl sites for hydroxylation is 2. The second kappa shape index (κ2) is 6.02. The molecule has 2 N–H and O–H groups in total. The first kappa shape index (κ1) is 14.5. The third-order valence-corrected chi connectivity index (χ3v) is 3.95. The molecule has 7 nitrogen and oxygen atoms in total. The van der Waals surface area contributed by atoms with E-state index in [1.165, 1.54) is 23.3 Å². The highest BCUT2D eigenvalue weighted by molar-refractivity contribution is 7.92. The Kier molecular flexibility index (Phi) is 4.35. The van der Waals surface area contributed by atoms with Gasteiger partial charge >= 0.3 is 0 Å². The van der Waals surface area contributed by atoms with Crippen LogP contribution in [0.2, 0.25) is 0 Å². The molecule has 20 heavy (non-hydrogen) atoms. The van der Waals surface area contributed by atoms with E-state index in [-0.39, 0.29) is 11.5 Å². The van der Waals surface area contributed by atoms with Crippen molar-refractivity contribution in [2.45, 2.75) is 24.8 Å². The van der Waals surface area contributed by atoms with Crippen LogP contribution in [0.1, 0.15) is 12.1 Å². The van der Waals surface area contributed by atoms with Crippen molar-refractivity contribution in [1.29, 1.82) is 0 Å². The molecule has 0 aromatic carbocycles. The molecule has 0 aliphatic heterocycles. The maximum absolute atomic E-state index is 12.2. The van der Waals surface area contributed by atoms with Crippen LogP contribution in [0.15, 0.2) is 35.6 Å². The summed E-state index contributed by atoms with van der Waals surface area (Å²) < 4.78 is 28.3. The van der Waals surface area contributed by atoms with Gasteiger partial charge in [-0.05, 0) is 25.5 Å². The molecule has 0 amide bonds. The molecule has 0 spiro atoms. The highest BCUT2D eigenvalue weighted by atomic mass is 32.2. The lowest BCUT2D eigenvalue weighted by Crippen LogP contribution is -2.12. The van der Waals surface area contributed by atoms with Crippen LogP contribution in [0.3, 0.4) is 0 Å². The summed E-state index contributed by atoms with van der Waals surface area (Å²) in [4.78, 5) is 4.09. The van der Waals surface area contributed by atoms with Crippen molar-refractivity contribution in [2.75, 3.05) is 11.3 Å². The minimum absolute atomic E-state index is 0.0382. The molecule has 0 atom stereocenters. The Labute approximate surface area is 117 Å². The van der Waals surface area contributed by atoms with Crippen molar-refractivity contribution in [3.05, 3.63) is 36.4 Å². The molecule has 0 radical (unpaired) electrons. The second-order valence-electron chi connectivity index (χ2n) is 4.31. The molecule has 2 heterocycles. The number of aliphatic hydroxyl groups excluding tert-OH is 1. The van der Waals surface area contributed by atoms with E-state index in [1.54, 1.807) is 19.1 Å². The van der Waals surface area contributed by atoms with Gasteiger partial charge < -0.3 is 5.11 Å². The molecule has 2 rings (SSSR count). The lowest BCUT2D eigenvalue weighted by Gasteiger charge is -2.06. The number of pyridine rings is 1. The molecule has 2 aromatic rings. The van der Waals surface area contributed by atoms with Gasteiger partial charge in [-0.25, -0.2) is 8.42 Å². The number of hydrogen-bond acceptors (Lipinski definition) is 5. The van der Waals surface area contributed by atoms with Crippen LogP contribution in [0.4, 0.5) is 5.69 Å². The van der Waals surface area contributed by atoms with Crippen molar-refractivity contribution >= 4 is 15.7 Å². The molecule has 8 heteroatoms. The van der Waals surface area contributed by atoms with Gasteiger partial charge in [0.25, 0.3) is 10.0 Å². The molecule has 0 saturated heterocycles. The Morgan fingerprint density at radius 3 is 2.95 bits per heavy atom. The number of hydrogen-bond donors (Lipinski definition) is 2. The zero-order valence-corrected chi connectivity index (χ0v) is 11.8. The number of nitrogens with one attached hydrogen (secondary N) is 1. The fourth-order valence-corrected chi connectivity index (χ4v) is 2.66. The summed E-state index contributed by atoms with van der Waals surface area (Å²) >= 11 is 0. The van der Waals surface area contributed by atoms with E-state index in [9.17, 15) is 8.42 Å². The number of aromatic nitrogens is 3. The van der Waals surface area contributed by atoms with Gasteiger partial charge in [0.2, 0.25) is 0 Å². The van der Waals surface area contributed by atoms with Crippen LogP contribution < -0.4 is 4.72 Å². The minimum atomic E-state index is -3.66. The molecule has 0 fully saturated rings. The van der Waals surface area contributed by atoms with Crippen molar-refractivity contribution < 1.29 is 13.5 Å². The Bertz CT molecular complexity index is 682. The first-order chi connectivity index (χ1) is 9.51. The largest absolute Gasteiger partial charge is 0.396 e. The molecular formula is C12H16N4O3S. The third kappa shape index (κ3) is 3.55. The first-order valence-corrected chi connectivity index (χ1v) is 7.58. The van der Waals surface area contributed by atoms with Crippen LogP contribution in [-0.4, -0.2) is 34.9 Å². The summed E-state index contributed by atoms with van der Waals surface area (Å²) in [6.07, 6.45) is 4.79. The fourth-order valence-electron chi connectivity index (χ4n) is 1.66. The van der Waals surface area contributed by atoms with Gasteiger partial charge in [0.05, 0.1) is 11.9 Å². The number of anilines is 1. The van der Waals surface area contributed by atoms with Crippen LogP contribution in [0.5, 0.6) is 0 Å². The standard InChI is InChI=1S/C12H16N4O3S/c1-10-7-11(3-4-13-10)15-20(18,19)12-8-14-16(9-12)5-2-6-17/h3-4,7-9,17H,2,5-6H2,1H3,(H,13,15). The Morgan fingerprint density at radius 2 is 2.25 bits per heavy atom. The molecule has 108 valence electrons. The van der Waals surface area contributed by atoms with Crippen LogP contribution in [-0.2, 0) is 16.6 Å². The quantitative estimate of drug-likeness (QED) is 0.820. The lowest BCUT2D eigenvalue weighted by molar-refractivity contribution is 0.277. The maximum Gasteiger partial charge on any atom is 0.265 e. The van der Waals surface area contributed by atoms with Crippen LogP contribution >= 0.6 is 0 Å². The average molecular weight is 296 g/mol. The third-order valence-electron chi connectivity index (χ3n) is 2.61. The monoisotopic (exact) mass is 296 g/mol. The normalized spacial score (nSPS) is 11.5. The maximum atomic E-state index is 12.2. The van der Waals surface area contributed by atoms with Crippen molar-refractivity contribution in [2.24, 2.45) is 0 Å². The topological polar surface area (TPSA) is 97.1 Å². The van der Waals surface area contributed by atoms with E-state index >= 15 is 0 Å². The molecule has 0 saturated carbocycles. The van der Waals surface area contributed by atoms with Gasteiger partial charge in [-0.3, -0.25) is 14.4 Å². The highest BCUT2D eigenvalue weighted by Crippen LogP contribution is 2.15. The van der Waals surface area contributed by atoms with Crippen molar-refractivity contribution in [3.8, 4) is 0 Å². The second-order valence-corrected chi connectivity index (χ2v) is 5.99. The predicted molar refractivity (Wildman–Crippen MR) is 73.7 cm³/mol. The van der Waals surface area contributed by atoms with Gasteiger partial charge in [-0.15, -0.1) is 0 Å². The number of aliphatic hydroxyl groups is 1. The van der Waals surface area contributed by atoms with Crippen molar-refractivity contribution in [3.63, 3.8) is 0 Å². The van der Waals surface area contributed by atoms with Gasteiger partial charge in [0.15, 0.2) is 0 Å². The van der Waals surface area contributed by atoms with E-state index < -0.39 is 10.0 Å².